The SMILES string of the molecule is CC(c1ccccc1)c1ccc(CP(=O)(O)O)cc1. The molecule has 2 N–H and O–H groups in total. The van der Waals surface area contributed by atoms with Crippen LogP contribution in [0.15, 0.2) is 54.6 Å². The Morgan fingerprint density at radius 2 is 1.47 bits per heavy atom. The third kappa shape index (κ3) is 4.03. The van der Waals surface area contributed by atoms with E-state index in [9.17, 15) is 4.57 Å². The van der Waals surface area contributed by atoms with Crippen LogP contribution in [0.3, 0.4) is 0 Å². The Morgan fingerprint density at radius 3 is 2.00 bits per heavy atom. The lowest BCUT2D eigenvalue weighted by atomic mass is 9.93. The first-order valence-corrected chi connectivity index (χ1v) is 7.94. The maximum absolute atomic E-state index is 10.9. The molecule has 0 amide bonds. The van der Waals surface area contributed by atoms with Crippen LogP contribution in [0.2, 0.25) is 0 Å². The summed E-state index contributed by atoms with van der Waals surface area (Å²) in [5.74, 6) is 0.269. The Morgan fingerprint density at radius 1 is 0.947 bits per heavy atom. The van der Waals surface area contributed by atoms with Crippen LogP contribution >= 0.6 is 7.60 Å². The monoisotopic (exact) mass is 276 g/mol. The van der Waals surface area contributed by atoms with E-state index in [1.807, 2.05) is 30.3 Å². The zero-order valence-electron chi connectivity index (χ0n) is 10.7. The largest absolute Gasteiger partial charge is 0.329 e. The number of hydrogen-bond donors (Lipinski definition) is 2. The summed E-state index contributed by atoms with van der Waals surface area (Å²) in [4.78, 5) is 17.9. The first kappa shape index (κ1) is 14.0. The highest BCUT2D eigenvalue weighted by Gasteiger charge is 2.14. The van der Waals surface area contributed by atoms with Crippen LogP contribution < -0.4 is 0 Å². The van der Waals surface area contributed by atoms with Gasteiger partial charge in [0.25, 0.3) is 0 Å². The van der Waals surface area contributed by atoms with Crippen molar-refractivity contribution in [2.75, 3.05) is 0 Å². The van der Waals surface area contributed by atoms with Gasteiger partial charge in [-0.1, -0.05) is 61.5 Å². The summed E-state index contributed by atoms with van der Waals surface area (Å²) in [7, 11) is -3.98. The predicted octanol–water partition coefficient (Wildman–Crippen LogP) is 3.52. The molecule has 0 heterocycles. The van der Waals surface area contributed by atoms with Gasteiger partial charge in [0.05, 0.1) is 6.16 Å². The molecule has 1 unspecified atom stereocenters. The van der Waals surface area contributed by atoms with Crippen molar-refractivity contribution in [1.82, 2.24) is 0 Å². The second-order valence-corrected chi connectivity index (χ2v) is 6.34. The van der Waals surface area contributed by atoms with Crippen molar-refractivity contribution in [3.05, 3.63) is 71.3 Å². The molecule has 0 saturated carbocycles. The fraction of sp³-hybridized carbons (Fsp3) is 0.200. The highest BCUT2D eigenvalue weighted by atomic mass is 31.2. The summed E-state index contributed by atoms with van der Waals surface area (Å²) in [6.07, 6.45) is -0.201. The summed E-state index contributed by atoms with van der Waals surface area (Å²) < 4.78 is 10.9. The fourth-order valence-electron chi connectivity index (χ4n) is 2.08. The number of benzene rings is 2. The van der Waals surface area contributed by atoms with Gasteiger partial charge in [-0.25, -0.2) is 0 Å². The Bertz CT molecular complexity index is 572. The molecule has 0 aliphatic rings. The number of rotatable bonds is 4. The van der Waals surface area contributed by atoms with Crippen LogP contribution in [0, 0.1) is 0 Å². The minimum atomic E-state index is -3.98. The van der Waals surface area contributed by atoms with E-state index in [0.29, 0.717) is 5.56 Å². The first-order valence-electron chi connectivity index (χ1n) is 6.14. The molecular formula is C15H17O3P. The van der Waals surface area contributed by atoms with Crippen molar-refractivity contribution in [3.63, 3.8) is 0 Å². The highest BCUT2D eigenvalue weighted by molar-refractivity contribution is 7.50. The second kappa shape index (κ2) is 5.70. The molecule has 2 aromatic carbocycles. The average Bonchev–Trinajstić information content (AvgIpc) is 2.38. The van der Waals surface area contributed by atoms with Gasteiger partial charge in [-0.05, 0) is 16.7 Å². The van der Waals surface area contributed by atoms with Crippen LogP contribution in [0.4, 0.5) is 0 Å². The molecule has 19 heavy (non-hydrogen) atoms. The average molecular weight is 276 g/mol. The lowest BCUT2D eigenvalue weighted by Gasteiger charge is -2.13. The van der Waals surface area contributed by atoms with Crippen molar-refractivity contribution >= 4 is 7.60 Å². The number of hydrogen-bond acceptors (Lipinski definition) is 1. The summed E-state index contributed by atoms with van der Waals surface area (Å²) in [5.41, 5.74) is 3.03. The molecule has 3 nitrogen and oxygen atoms in total. The van der Waals surface area contributed by atoms with Crippen LogP contribution in [0.25, 0.3) is 0 Å². The standard InChI is InChI=1S/C15H17O3P/c1-12(14-5-3-2-4-6-14)15-9-7-13(8-10-15)11-19(16,17)18/h2-10,12H,11H2,1H3,(H2,16,17,18). The summed E-state index contributed by atoms with van der Waals surface area (Å²) in [6.45, 7) is 2.12. The van der Waals surface area contributed by atoms with Gasteiger partial charge in [-0.15, -0.1) is 0 Å². The normalized spacial score (nSPS) is 13.2. The van der Waals surface area contributed by atoms with Crippen molar-refractivity contribution in [2.45, 2.75) is 19.0 Å². The van der Waals surface area contributed by atoms with Gasteiger partial charge in [0.2, 0.25) is 0 Å². The van der Waals surface area contributed by atoms with Crippen molar-refractivity contribution < 1.29 is 14.4 Å². The van der Waals surface area contributed by atoms with Gasteiger partial charge in [-0.3, -0.25) is 4.57 Å². The van der Waals surface area contributed by atoms with E-state index in [-0.39, 0.29) is 12.1 Å². The molecule has 0 radical (unpaired) electrons. The minimum Gasteiger partial charge on any atom is -0.324 e. The second-order valence-electron chi connectivity index (χ2n) is 4.70. The van der Waals surface area contributed by atoms with Crippen LogP contribution in [0.1, 0.15) is 29.5 Å². The Hall–Kier alpha value is -1.41. The van der Waals surface area contributed by atoms with Crippen molar-refractivity contribution in [1.29, 1.82) is 0 Å². The van der Waals surface area contributed by atoms with E-state index in [4.69, 9.17) is 9.79 Å². The summed E-state index contributed by atoms with van der Waals surface area (Å²) in [6, 6.07) is 17.6. The molecule has 2 rings (SSSR count). The van der Waals surface area contributed by atoms with Crippen molar-refractivity contribution in [2.24, 2.45) is 0 Å². The molecule has 0 spiro atoms. The Labute approximate surface area is 113 Å². The fourth-order valence-corrected chi connectivity index (χ4v) is 2.77. The molecule has 4 heteroatoms. The van der Waals surface area contributed by atoms with E-state index in [2.05, 4.69) is 19.1 Å². The lowest BCUT2D eigenvalue weighted by molar-refractivity contribution is 0.371. The zero-order valence-corrected chi connectivity index (χ0v) is 11.6. The van der Waals surface area contributed by atoms with E-state index in [0.717, 1.165) is 5.56 Å². The zero-order chi connectivity index (χ0) is 13.9. The van der Waals surface area contributed by atoms with Gasteiger partial charge in [-0.2, -0.15) is 0 Å². The molecule has 0 aliphatic carbocycles. The molecule has 0 fully saturated rings. The van der Waals surface area contributed by atoms with E-state index >= 15 is 0 Å². The van der Waals surface area contributed by atoms with E-state index < -0.39 is 7.60 Å². The van der Waals surface area contributed by atoms with Crippen LogP contribution in [0.5, 0.6) is 0 Å². The maximum Gasteiger partial charge on any atom is 0.329 e. The van der Waals surface area contributed by atoms with E-state index in [1.54, 1.807) is 12.1 Å². The molecule has 2 aromatic rings. The maximum atomic E-state index is 10.9. The predicted molar refractivity (Wildman–Crippen MR) is 76.1 cm³/mol. The third-order valence-corrected chi connectivity index (χ3v) is 3.94. The van der Waals surface area contributed by atoms with Gasteiger partial charge in [0.15, 0.2) is 0 Å². The van der Waals surface area contributed by atoms with Crippen LogP contribution in [-0.2, 0) is 10.7 Å². The Balaban J connectivity index is 2.17. The molecule has 0 bridgehead atoms. The Kier molecular flexibility index (Phi) is 4.20. The third-order valence-electron chi connectivity index (χ3n) is 3.17. The first-order chi connectivity index (χ1) is 8.96. The molecule has 1 atom stereocenters. The molecule has 0 saturated heterocycles. The van der Waals surface area contributed by atoms with E-state index in [1.165, 1.54) is 5.56 Å². The van der Waals surface area contributed by atoms with Gasteiger partial charge < -0.3 is 9.79 Å². The van der Waals surface area contributed by atoms with Gasteiger partial charge >= 0.3 is 7.60 Å². The molecule has 100 valence electrons. The van der Waals surface area contributed by atoms with Gasteiger partial charge in [0, 0.05) is 5.92 Å². The minimum absolute atomic E-state index is 0.201. The summed E-state index contributed by atoms with van der Waals surface area (Å²) in [5, 5.41) is 0. The summed E-state index contributed by atoms with van der Waals surface area (Å²) >= 11 is 0. The molecule has 0 aliphatic heterocycles. The van der Waals surface area contributed by atoms with Gasteiger partial charge in [0.1, 0.15) is 0 Å². The van der Waals surface area contributed by atoms with Crippen LogP contribution in [-0.4, -0.2) is 9.79 Å². The highest BCUT2D eigenvalue weighted by Crippen LogP contribution is 2.39. The quantitative estimate of drug-likeness (QED) is 0.840. The smallest absolute Gasteiger partial charge is 0.324 e. The molecular weight excluding hydrogens is 259 g/mol. The topological polar surface area (TPSA) is 57.5 Å². The van der Waals surface area contributed by atoms with Crippen molar-refractivity contribution in [3.8, 4) is 0 Å². The molecule has 0 aromatic heterocycles. The lowest BCUT2D eigenvalue weighted by Crippen LogP contribution is -1.96.